The van der Waals surface area contributed by atoms with Crippen LogP contribution in [0.4, 0.5) is 26.8 Å². The van der Waals surface area contributed by atoms with Gasteiger partial charge < -0.3 is 29.9 Å². The van der Waals surface area contributed by atoms with Crippen LogP contribution in [0.5, 0.6) is 0 Å². The van der Waals surface area contributed by atoms with Crippen molar-refractivity contribution in [2.24, 2.45) is 0 Å². The average Bonchev–Trinajstić information content (AvgIpc) is 3.57. The van der Waals surface area contributed by atoms with E-state index in [2.05, 4.69) is 36.2 Å². The van der Waals surface area contributed by atoms with Crippen LogP contribution in [0.2, 0.25) is 0 Å². The number of rotatable bonds is 9. The van der Waals surface area contributed by atoms with Crippen molar-refractivity contribution < 1.29 is 19.1 Å². The van der Waals surface area contributed by atoms with Gasteiger partial charge in [-0.1, -0.05) is 42.0 Å². The maximum absolute atomic E-state index is 13.2. The van der Waals surface area contributed by atoms with Crippen LogP contribution in [0.15, 0.2) is 60.7 Å². The minimum Gasteiger partial charge on any atom is -0.444 e. The van der Waals surface area contributed by atoms with Gasteiger partial charge in [0.05, 0.1) is 12.3 Å². The molecule has 13 heteroatoms. The molecule has 3 N–H and O–H groups in total. The van der Waals surface area contributed by atoms with E-state index in [1.54, 1.807) is 12.0 Å². The number of ether oxygens (including phenoxy) is 2. The van der Waals surface area contributed by atoms with Crippen LogP contribution in [0.3, 0.4) is 0 Å². The molecule has 1 aliphatic rings. The van der Waals surface area contributed by atoms with E-state index in [0.717, 1.165) is 16.7 Å². The molecule has 0 atom stereocenters. The summed E-state index contributed by atoms with van der Waals surface area (Å²) in [6, 6.07) is 18.7. The predicted molar refractivity (Wildman–Crippen MR) is 177 cm³/mol. The van der Waals surface area contributed by atoms with Crippen molar-refractivity contribution in [2.45, 2.75) is 52.2 Å². The van der Waals surface area contributed by atoms with Crippen LogP contribution in [0, 0.1) is 6.92 Å². The van der Waals surface area contributed by atoms with Gasteiger partial charge in [0, 0.05) is 61.4 Å². The van der Waals surface area contributed by atoms with Crippen molar-refractivity contribution in [2.75, 3.05) is 48.9 Å². The van der Waals surface area contributed by atoms with Gasteiger partial charge in [-0.25, -0.2) is 19.7 Å². The van der Waals surface area contributed by atoms with Crippen LogP contribution in [0.25, 0.3) is 22.6 Å². The summed E-state index contributed by atoms with van der Waals surface area (Å²) < 4.78 is 11.1. The van der Waals surface area contributed by atoms with Gasteiger partial charge in [0.25, 0.3) is 0 Å². The molecule has 0 aliphatic carbocycles. The topological polar surface area (TPSA) is 150 Å². The Balaban J connectivity index is 1.47. The third kappa shape index (κ3) is 8.36. The molecule has 0 unspecified atom stereocenters. The molecule has 1 saturated heterocycles. The van der Waals surface area contributed by atoms with E-state index < -0.39 is 5.60 Å². The maximum Gasteiger partial charge on any atom is 0.410 e. The summed E-state index contributed by atoms with van der Waals surface area (Å²) in [5.41, 5.74) is 3.96. The average molecular weight is 628 g/mol. The number of aromatic amines is 1. The lowest BCUT2D eigenvalue weighted by molar-refractivity contribution is 0.0203. The normalized spacial score (nSPS) is 13.7. The van der Waals surface area contributed by atoms with E-state index in [9.17, 15) is 9.59 Å². The number of likely N-dealkylation sites (tertiary alicyclic amines) is 1. The second-order valence-corrected chi connectivity index (χ2v) is 12.2. The van der Waals surface area contributed by atoms with E-state index in [-0.39, 0.29) is 18.2 Å². The van der Waals surface area contributed by atoms with Crippen LogP contribution in [-0.4, -0.2) is 87.6 Å². The number of nitrogens with one attached hydrogen (secondary N) is 3. The highest BCUT2D eigenvalue weighted by molar-refractivity contribution is 6.00. The number of nitrogens with zero attached hydrogens (tertiary/aromatic N) is 6. The number of amides is 3. The fraction of sp³-hybridized carbons (Fsp3) is 0.394. The lowest BCUT2D eigenvalue weighted by Gasteiger charge is -2.39. The fourth-order valence-electron chi connectivity index (χ4n) is 5.35. The summed E-state index contributed by atoms with van der Waals surface area (Å²) in [6.07, 6.45) is 1.12. The van der Waals surface area contributed by atoms with Gasteiger partial charge in [-0.05, 0) is 69.2 Å². The van der Waals surface area contributed by atoms with Gasteiger partial charge in [-0.2, -0.15) is 0 Å². The molecule has 2 aromatic carbocycles. The van der Waals surface area contributed by atoms with Gasteiger partial charge >= 0.3 is 12.1 Å². The highest BCUT2D eigenvalue weighted by atomic mass is 16.6. The molecule has 46 heavy (non-hydrogen) atoms. The lowest BCUT2D eigenvalue weighted by atomic mass is 10.0. The molecule has 2 aromatic heterocycles. The Kier molecular flexibility index (Phi) is 10.1. The standard InChI is InChI=1S/C33H41N9O4/c1-22-10-12-23(13-11-22)34-31(43)35-24-20-28(26-8-6-7-9-27(26)30-37-39-40-38-30)36-29(21-24)42(18-19-45-5)25-14-16-41(17-15-25)32(44)46-33(2,3)4/h6-13,20-21,25H,14-19H2,1-5H3,(H2,34,35,36,43)(H,37,38,39,40). The van der Waals surface area contributed by atoms with E-state index in [1.807, 2.05) is 88.4 Å². The third-order valence-corrected chi connectivity index (χ3v) is 7.57. The minimum atomic E-state index is -0.560. The number of hydrogen-bond donors (Lipinski definition) is 3. The van der Waals surface area contributed by atoms with Gasteiger partial charge in [0.2, 0.25) is 0 Å². The minimum absolute atomic E-state index is 0.0690. The molecule has 3 heterocycles. The highest BCUT2D eigenvalue weighted by Crippen LogP contribution is 2.34. The molecule has 3 amide bonds. The molecule has 5 rings (SSSR count). The number of carbonyl (C=O) groups is 2. The van der Waals surface area contributed by atoms with Crippen LogP contribution < -0.4 is 15.5 Å². The molecule has 0 bridgehead atoms. The van der Waals surface area contributed by atoms with Crippen LogP contribution >= 0.6 is 0 Å². The Morgan fingerprint density at radius 3 is 2.35 bits per heavy atom. The summed E-state index contributed by atoms with van der Waals surface area (Å²) >= 11 is 0. The monoisotopic (exact) mass is 627 g/mol. The van der Waals surface area contributed by atoms with E-state index in [1.165, 1.54) is 0 Å². The number of H-pyrrole nitrogens is 1. The molecule has 242 valence electrons. The number of aromatic nitrogens is 5. The van der Waals surface area contributed by atoms with Gasteiger partial charge in [0.15, 0.2) is 5.82 Å². The van der Waals surface area contributed by atoms with Crippen molar-refractivity contribution in [3.63, 3.8) is 0 Å². The SMILES string of the molecule is COCCN(c1cc(NC(=O)Nc2ccc(C)cc2)cc(-c2ccccc2-c2nnn[nH]2)n1)C1CCN(C(=O)OC(C)(C)C)CC1. The van der Waals surface area contributed by atoms with E-state index in [0.29, 0.717) is 67.8 Å². The second kappa shape index (κ2) is 14.4. The number of hydrogen-bond acceptors (Lipinski definition) is 9. The first kappa shape index (κ1) is 32.4. The number of methoxy groups -OCH3 is 1. The summed E-state index contributed by atoms with van der Waals surface area (Å²) in [4.78, 5) is 35.0. The van der Waals surface area contributed by atoms with Crippen molar-refractivity contribution in [1.29, 1.82) is 0 Å². The zero-order valence-electron chi connectivity index (χ0n) is 26.9. The van der Waals surface area contributed by atoms with Crippen molar-refractivity contribution >= 4 is 29.3 Å². The Morgan fingerprint density at radius 1 is 1.00 bits per heavy atom. The Bertz CT molecular complexity index is 1610. The summed E-state index contributed by atoms with van der Waals surface area (Å²) in [6.45, 7) is 9.73. The van der Waals surface area contributed by atoms with Crippen molar-refractivity contribution in [1.82, 2.24) is 30.5 Å². The van der Waals surface area contributed by atoms with Crippen LogP contribution in [0.1, 0.15) is 39.2 Å². The first-order valence-corrected chi connectivity index (χ1v) is 15.3. The quantitative estimate of drug-likeness (QED) is 0.211. The molecule has 13 nitrogen and oxygen atoms in total. The van der Waals surface area contributed by atoms with Gasteiger partial charge in [-0.3, -0.25) is 0 Å². The number of benzene rings is 2. The van der Waals surface area contributed by atoms with Crippen molar-refractivity contribution in [3.8, 4) is 22.6 Å². The molecule has 0 spiro atoms. The zero-order valence-corrected chi connectivity index (χ0v) is 26.9. The van der Waals surface area contributed by atoms with E-state index in [4.69, 9.17) is 14.5 Å². The lowest BCUT2D eigenvalue weighted by Crippen LogP contribution is -2.49. The highest BCUT2D eigenvalue weighted by Gasteiger charge is 2.30. The van der Waals surface area contributed by atoms with E-state index >= 15 is 0 Å². The summed E-state index contributed by atoms with van der Waals surface area (Å²) in [5.74, 6) is 1.17. The number of pyridine rings is 1. The molecular weight excluding hydrogens is 586 g/mol. The zero-order chi connectivity index (χ0) is 32.7. The first-order valence-electron chi connectivity index (χ1n) is 15.3. The van der Waals surface area contributed by atoms with Crippen molar-refractivity contribution in [3.05, 3.63) is 66.2 Å². The molecule has 4 aromatic rings. The molecule has 0 saturated carbocycles. The Morgan fingerprint density at radius 2 is 1.70 bits per heavy atom. The third-order valence-electron chi connectivity index (χ3n) is 7.57. The Labute approximate surface area is 268 Å². The maximum atomic E-state index is 13.2. The molecule has 1 aliphatic heterocycles. The summed E-state index contributed by atoms with van der Waals surface area (Å²) in [7, 11) is 1.66. The summed E-state index contributed by atoms with van der Waals surface area (Å²) in [5, 5.41) is 20.4. The smallest absolute Gasteiger partial charge is 0.410 e. The number of piperidine rings is 1. The van der Waals surface area contributed by atoms with Gasteiger partial charge in [-0.15, -0.1) is 5.10 Å². The number of urea groups is 1. The molecular formula is C33H41N9O4. The number of carbonyl (C=O) groups excluding carboxylic acids is 2. The first-order chi connectivity index (χ1) is 22.1. The second-order valence-electron chi connectivity index (χ2n) is 12.2. The number of aryl methyl sites for hydroxylation is 1. The molecule has 0 radical (unpaired) electrons. The number of tetrazole rings is 1. The molecule has 1 fully saturated rings. The Hall–Kier alpha value is -5.04. The van der Waals surface area contributed by atoms with Gasteiger partial charge in [0.1, 0.15) is 11.4 Å². The fourth-order valence-corrected chi connectivity index (χ4v) is 5.35. The predicted octanol–water partition coefficient (Wildman–Crippen LogP) is 5.73. The number of anilines is 3. The largest absolute Gasteiger partial charge is 0.444 e. The van der Waals surface area contributed by atoms with Crippen LogP contribution in [-0.2, 0) is 9.47 Å².